The molecule has 0 aliphatic rings. The van der Waals surface area contributed by atoms with E-state index < -0.39 is 0 Å². The summed E-state index contributed by atoms with van der Waals surface area (Å²) in [4.78, 5) is 6.45. The van der Waals surface area contributed by atoms with Crippen LogP contribution in [-0.4, -0.2) is 42.6 Å². The Balaban J connectivity index is 2.21. The van der Waals surface area contributed by atoms with Gasteiger partial charge in [0.05, 0.1) is 0 Å². The minimum absolute atomic E-state index is 0.575. The van der Waals surface area contributed by atoms with Gasteiger partial charge < -0.3 is 10.2 Å². The third kappa shape index (κ3) is 6.12. The number of nitrogens with one attached hydrogen (secondary N) is 1. The molecule has 0 fully saturated rings. The molecule has 0 bridgehead atoms. The molecule has 1 aromatic heterocycles. The molecule has 1 atom stereocenters. The Morgan fingerprint density at radius 3 is 2.44 bits per heavy atom. The minimum Gasteiger partial charge on any atom is -0.315 e. The number of hydrogen-bond donors (Lipinski definition) is 1. The second-order valence-electron chi connectivity index (χ2n) is 5.49. The van der Waals surface area contributed by atoms with Crippen molar-refractivity contribution < 1.29 is 0 Å². The summed E-state index contributed by atoms with van der Waals surface area (Å²) in [6, 6.07) is 4.76. The van der Waals surface area contributed by atoms with Gasteiger partial charge in [-0.2, -0.15) is 0 Å². The molecule has 3 nitrogen and oxygen atoms in total. The van der Waals surface area contributed by atoms with E-state index in [1.165, 1.54) is 5.56 Å². The normalized spacial score (nSPS) is 13.2. The summed E-state index contributed by atoms with van der Waals surface area (Å²) < 4.78 is 0. The predicted molar refractivity (Wildman–Crippen MR) is 77.7 cm³/mol. The SMILES string of the molecule is CC(C)CNCC(C)N(C)CCc1ccncc1. The highest BCUT2D eigenvalue weighted by atomic mass is 15.1. The molecular weight excluding hydrogens is 222 g/mol. The van der Waals surface area contributed by atoms with E-state index in [1.54, 1.807) is 0 Å². The van der Waals surface area contributed by atoms with Crippen molar-refractivity contribution in [3.8, 4) is 0 Å². The van der Waals surface area contributed by atoms with E-state index in [-0.39, 0.29) is 0 Å². The predicted octanol–water partition coefficient (Wildman–Crippen LogP) is 2.19. The molecule has 0 aliphatic heterocycles. The van der Waals surface area contributed by atoms with E-state index >= 15 is 0 Å². The summed E-state index contributed by atoms with van der Waals surface area (Å²) in [7, 11) is 2.20. The van der Waals surface area contributed by atoms with E-state index in [4.69, 9.17) is 0 Å². The molecule has 1 aromatic rings. The lowest BCUT2D eigenvalue weighted by Crippen LogP contribution is -2.39. The average molecular weight is 249 g/mol. The van der Waals surface area contributed by atoms with Crippen molar-refractivity contribution >= 4 is 0 Å². The average Bonchev–Trinajstić information content (AvgIpc) is 2.36. The van der Waals surface area contributed by atoms with Crippen molar-refractivity contribution in [1.29, 1.82) is 0 Å². The van der Waals surface area contributed by atoms with Crippen LogP contribution in [0.4, 0.5) is 0 Å². The molecule has 0 radical (unpaired) electrons. The molecule has 102 valence electrons. The molecule has 0 aliphatic carbocycles. The molecule has 3 heteroatoms. The van der Waals surface area contributed by atoms with Gasteiger partial charge in [-0.05, 0) is 50.6 Å². The Morgan fingerprint density at radius 1 is 1.17 bits per heavy atom. The second-order valence-corrected chi connectivity index (χ2v) is 5.49. The second kappa shape index (κ2) is 8.22. The summed E-state index contributed by atoms with van der Waals surface area (Å²) in [6.45, 7) is 10.0. The van der Waals surface area contributed by atoms with E-state index in [2.05, 4.69) is 55.2 Å². The standard InChI is InChI=1S/C15H27N3/c1-13(2)11-17-12-14(3)18(4)10-7-15-5-8-16-9-6-15/h5-6,8-9,13-14,17H,7,10-12H2,1-4H3. The van der Waals surface area contributed by atoms with E-state index in [0.717, 1.165) is 32.0 Å². The fourth-order valence-electron chi connectivity index (χ4n) is 1.81. The van der Waals surface area contributed by atoms with Gasteiger partial charge in [-0.15, -0.1) is 0 Å². The first-order valence-electron chi connectivity index (χ1n) is 6.89. The van der Waals surface area contributed by atoms with Gasteiger partial charge in [-0.3, -0.25) is 4.98 Å². The monoisotopic (exact) mass is 249 g/mol. The molecule has 0 saturated carbocycles. The van der Waals surface area contributed by atoms with Crippen molar-refractivity contribution in [3.63, 3.8) is 0 Å². The van der Waals surface area contributed by atoms with Gasteiger partial charge in [0.2, 0.25) is 0 Å². The summed E-state index contributed by atoms with van der Waals surface area (Å²) >= 11 is 0. The van der Waals surface area contributed by atoms with Crippen molar-refractivity contribution in [1.82, 2.24) is 15.2 Å². The maximum atomic E-state index is 4.04. The zero-order valence-corrected chi connectivity index (χ0v) is 12.2. The Bertz CT molecular complexity index is 311. The zero-order valence-electron chi connectivity index (χ0n) is 12.2. The van der Waals surface area contributed by atoms with Crippen LogP contribution in [0.15, 0.2) is 24.5 Å². The molecular formula is C15H27N3. The lowest BCUT2D eigenvalue weighted by atomic mass is 10.1. The van der Waals surface area contributed by atoms with Gasteiger partial charge in [0.1, 0.15) is 0 Å². The van der Waals surface area contributed by atoms with Crippen LogP contribution in [0.2, 0.25) is 0 Å². The summed E-state index contributed by atoms with van der Waals surface area (Å²) in [6.07, 6.45) is 4.82. The van der Waals surface area contributed by atoms with Crippen LogP contribution in [0.5, 0.6) is 0 Å². The third-order valence-electron chi connectivity index (χ3n) is 3.25. The van der Waals surface area contributed by atoms with Crippen molar-refractivity contribution in [2.24, 2.45) is 5.92 Å². The quantitative estimate of drug-likeness (QED) is 0.765. The van der Waals surface area contributed by atoms with Crippen LogP contribution < -0.4 is 5.32 Å². The van der Waals surface area contributed by atoms with E-state index in [1.807, 2.05) is 12.4 Å². The molecule has 0 aromatic carbocycles. The molecule has 0 saturated heterocycles. The van der Waals surface area contributed by atoms with Gasteiger partial charge in [0.25, 0.3) is 0 Å². The number of likely N-dealkylation sites (N-methyl/N-ethyl adjacent to an activating group) is 1. The topological polar surface area (TPSA) is 28.2 Å². The van der Waals surface area contributed by atoms with Gasteiger partial charge in [0.15, 0.2) is 0 Å². The molecule has 1 heterocycles. The van der Waals surface area contributed by atoms with Crippen LogP contribution in [-0.2, 0) is 6.42 Å². The maximum absolute atomic E-state index is 4.04. The first-order valence-corrected chi connectivity index (χ1v) is 6.89. The van der Waals surface area contributed by atoms with Gasteiger partial charge >= 0.3 is 0 Å². The lowest BCUT2D eigenvalue weighted by molar-refractivity contribution is 0.252. The van der Waals surface area contributed by atoms with Crippen LogP contribution in [0.1, 0.15) is 26.3 Å². The minimum atomic E-state index is 0.575. The summed E-state index contributed by atoms with van der Waals surface area (Å²) in [5, 5.41) is 3.51. The highest BCUT2D eigenvalue weighted by molar-refractivity contribution is 5.09. The molecule has 1 rings (SSSR count). The van der Waals surface area contributed by atoms with E-state index in [0.29, 0.717) is 6.04 Å². The van der Waals surface area contributed by atoms with Crippen molar-refractivity contribution in [3.05, 3.63) is 30.1 Å². The number of pyridine rings is 1. The first kappa shape index (κ1) is 15.1. The highest BCUT2D eigenvalue weighted by Gasteiger charge is 2.08. The Hall–Kier alpha value is -0.930. The highest BCUT2D eigenvalue weighted by Crippen LogP contribution is 2.01. The number of rotatable bonds is 8. The maximum Gasteiger partial charge on any atom is 0.0270 e. The molecule has 0 spiro atoms. The number of hydrogen-bond acceptors (Lipinski definition) is 3. The van der Waals surface area contributed by atoms with Crippen molar-refractivity contribution in [2.45, 2.75) is 33.2 Å². The van der Waals surface area contributed by atoms with Crippen LogP contribution in [0.25, 0.3) is 0 Å². The number of nitrogens with zero attached hydrogens (tertiary/aromatic N) is 2. The summed E-state index contributed by atoms with van der Waals surface area (Å²) in [5.41, 5.74) is 1.36. The smallest absolute Gasteiger partial charge is 0.0270 e. The Morgan fingerprint density at radius 2 is 1.83 bits per heavy atom. The van der Waals surface area contributed by atoms with Gasteiger partial charge in [-0.1, -0.05) is 13.8 Å². The van der Waals surface area contributed by atoms with Crippen molar-refractivity contribution in [2.75, 3.05) is 26.7 Å². The van der Waals surface area contributed by atoms with Gasteiger partial charge in [0, 0.05) is 31.5 Å². The fraction of sp³-hybridized carbons (Fsp3) is 0.667. The van der Waals surface area contributed by atoms with Crippen LogP contribution in [0, 0.1) is 5.92 Å². The Labute approximate surface area is 112 Å². The number of aromatic nitrogens is 1. The van der Waals surface area contributed by atoms with Crippen LogP contribution in [0.3, 0.4) is 0 Å². The fourth-order valence-corrected chi connectivity index (χ4v) is 1.81. The van der Waals surface area contributed by atoms with Crippen LogP contribution >= 0.6 is 0 Å². The van der Waals surface area contributed by atoms with E-state index in [9.17, 15) is 0 Å². The molecule has 0 amide bonds. The lowest BCUT2D eigenvalue weighted by Gasteiger charge is -2.25. The molecule has 1 N–H and O–H groups in total. The molecule has 18 heavy (non-hydrogen) atoms. The zero-order chi connectivity index (χ0) is 13.4. The Kier molecular flexibility index (Phi) is 6.91. The van der Waals surface area contributed by atoms with Gasteiger partial charge in [-0.25, -0.2) is 0 Å². The molecule has 1 unspecified atom stereocenters. The third-order valence-corrected chi connectivity index (χ3v) is 3.25. The largest absolute Gasteiger partial charge is 0.315 e. The first-order chi connectivity index (χ1) is 8.59. The summed E-state index contributed by atoms with van der Waals surface area (Å²) in [5.74, 6) is 0.722.